The van der Waals surface area contributed by atoms with Crippen molar-refractivity contribution in [2.45, 2.75) is 58.2 Å². The van der Waals surface area contributed by atoms with Gasteiger partial charge in [-0.15, -0.1) is 0 Å². The fourth-order valence-electron chi connectivity index (χ4n) is 2.85. The number of hydrogen-bond donors (Lipinski definition) is 1. The van der Waals surface area contributed by atoms with Gasteiger partial charge in [-0.1, -0.05) is 30.7 Å². The predicted octanol–water partition coefficient (Wildman–Crippen LogP) is 4.39. The Hall–Kier alpha value is -1.26. The molecule has 0 spiro atoms. The summed E-state index contributed by atoms with van der Waals surface area (Å²) in [5, 5.41) is 4.40. The van der Waals surface area contributed by atoms with Gasteiger partial charge in [-0.3, -0.25) is 0 Å². The number of carbonyl (C=O) groups is 1. The van der Waals surface area contributed by atoms with Crippen molar-refractivity contribution in [3.05, 3.63) is 34.9 Å². The largest absolute Gasteiger partial charge is 0.444 e. The predicted molar refractivity (Wildman–Crippen MR) is 93.8 cm³/mol. The standard InChI is InChI=1S/C18H27ClN2O2/c1-5-16(13-7-6-8-14(19)11-13)20-15-9-10-21(12-15)17(22)23-18(2,3)4/h6-8,11,15-16,20H,5,9-10,12H2,1-4H3. The van der Waals surface area contributed by atoms with E-state index in [9.17, 15) is 4.79 Å². The molecule has 0 bridgehead atoms. The first-order chi connectivity index (χ1) is 10.8. The third-order valence-corrected chi connectivity index (χ3v) is 4.17. The number of amides is 1. The normalized spacial score (nSPS) is 19.7. The van der Waals surface area contributed by atoms with E-state index in [1.165, 1.54) is 5.56 Å². The zero-order valence-electron chi connectivity index (χ0n) is 14.4. The van der Waals surface area contributed by atoms with Crippen LogP contribution in [-0.2, 0) is 4.74 Å². The molecule has 1 heterocycles. The Morgan fingerprint density at radius 2 is 2.22 bits per heavy atom. The fourth-order valence-corrected chi connectivity index (χ4v) is 3.04. The monoisotopic (exact) mass is 338 g/mol. The lowest BCUT2D eigenvalue weighted by Gasteiger charge is -2.25. The van der Waals surface area contributed by atoms with E-state index < -0.39 is 5.60 Å². The first kappa shape index (κ1) is 18.1. The molecular weight excluding hydrogens is 312 g/mol. The Morgan fingerprint density at radius 3 is 2.83 bits per heavy atom. The maximum atomic E-state index is 12.1. The molecule has 5 heteroatoms. The van der Waals surface area contributed by atoms with E-state index in [1.54, 1.807) is 4.90 Å². The molecule has 0 saturated carbocycles. The van der Waals surface area contributed by atoms with Crippen LogP contribution in [0.4, 0.5) is 4.79 Å². The lowest BCUT2D eigenvalue weighted by atomic mass is 10.0. The summed E-state index contributed by atoms with van der Waals surface area (Å²) < 4.78 is 5.44. The molecule has 1 aliphatic rings. The molecule has 1 aliphatic heterocycles. The lowest BCUT2D eigenvalue weighted by Crippen LogP contribution is -2.39. The van der Waals surface area contributed by atoms with Crippen molar-refractivity contribution < 1.29 is 9.53 Å². The SMILES string of the molecule is CCC(NC1CCN(C(=O)OC(C)(C)C)C1)c1cccc(Cl)c1. The molecule has 2 unspecified atom stereocenters. The minimum absolute atomic E-state index is 0.224. The summed E-state index contributed by atoms with van der Waals surface area (Å²) in [4.78, 5) is 13.9. The minimum atomic E-state index is -0.449. The molecule has 0 aliphatic carbocycles. The highest BCUT2D eigenvalue weighted by Gasteiger charge is 2.30. The molecule has 2 atom stereocenters. The number of rotatable bonds is 4. The topological polar surface area (TPSA) is 41.6 Å². The van der Waals surface area contributed by atoms with Crippen LogP contribution in [0.1, 0.15) is 52.1 Å². The van der Waals surface area contributed by atoms with Crippen LogP contribution in [0.25, 0.3) is 0 Å². The zero-order chi connectivity index (χ0) is 17.0. The first-order valence-electron chi connectivity index (χ1n) is 8.28. The number of ether oxygens (including phenoxy) is 1. The Labute approximate surface area is 144 Å². The summed E-state index contributed by atoms with van der Waals surface area (Å²) in [6, 6.07) is 8.49. The van der Waals surface area contributed by atoms with E-state index >= 15 is 0 Å². The average Bonchev–Trinajstić information content (AvgIpc) is 2.91. The molecule has 1 amide bonds. The summed E-state index contributed by atoms with van der Waals surface area (Å²) in [5.74, 6) is 0. The number of benzene rings is 1. The van der Waals surface area contributed by atoms with Gasteiger partial charge in [0.25, 0.3) is 0 Å². The Morgan fingerprint density at radius 1 is 1.48 bits per heavy atom. The molecule has 0 radical (unpaired) electrons. The molecule has 1 N–H and O–H groups in total. The summed E-state index contributed by atoms with van der Waals surface area (Å²) in [7, 11) is 0. The van der Waals surface area contributed by atoms with Gasteiger partial charge in [0.2, 0.25) is 0 Å². The Kier molecular flexibility index (Phi) is 5.93. The first-order valence-corrected chi connectivity index (χ1v) is 8.65. The number of halogens is 1. The second-order valence-corrected chi connectivity index (χ2v) is 7.53. The second kappa shape index (κ2) is 7.54. The summed E-state index contributed by atoms with van der Waals surface area (Å²) >= 11 is 6.09. The zero-order valence-corrected chi connectivity index (χ0v) is 15.2. The maximum Gasteiger partial charge on any atom is 0.410 e. The van der Waals surface area contributed by atoms with Crippen LogP contribution >= 0.6 is 11.6 Å². The minimum Gasteiger partial charge on any atom is -0.444 e. The van der Waals surface area contributed by atoms with Gasteiger partial charge in [0.1, 0.15) is 5.60 Å². The van der Waals surface area contributed by atoms with E-state index in [0.717, 1.165) is 24.4 Å². The molecule has 0 aromatic heterocycles. The third-order valence-electron chi connectivity index (χ3n) is 3.94. The van der Waals surface area contributed by atoms with Crippen molar-refractivity contribution in [2.24, 2.45) is 0 Å². The van der Waals surface area contributed by atoms with Gasteiger partial charge in [-0.05, 0) is 51.3 Å². The summed E-state index contributed by atoms with van der Waals surface area (Å²) in [6.07, 6.45) is 1.69. The summed E-state index contributed by atoms with van der Waals surface area (Å²) in [5.41, 5.74) is 0.741. The lowest BCUT2D eigenvalue weighted by molar-refractivity contribution is 0.0290. The van der Waals surface area contributed by atoms with Crippen molar-refractivity contribution >= 4 is 17.7 Å². The van der Waals surface area contributed by atoms with Gasteiger partial charge in [-0.2, -0.15) is 0 Å². The highest BCUT2D eigenvalue weighted by molar-refractivity contribution is 6.30. The van der Waals surface area contributed by atoms with Gasteiger partial charge in [-0.25, -0.2) is 4.79 Å². The van der Waals surface area contributed by atoms with Gasteiger partial charge < -0.3 is 15.0 Å². The molecule has 2 rings (SSSR count). The van der Waals surface area contributed by atoms with Gasteiger partial charge >= 0.3 is 6.09 Å². The maximum absolute atomic E-state index is 12.1. The van der Waals surface area contributed by atoms with Crippen LogP contribution in [0.15, 0.2) is 24.3 Å². The molecule has 23 heavy (non-hydrogen) atoms. The van der Waals surface area contributed by atoms with Crippen molar-refractivity contribution in [1.82, 2.24) is 10.2 Å². The molecule has 1 aromatic rings. The van der Waals surface area contributed by atoms with Crippen molar-refractivity contribution in [2.75, 3.05) is 13.1 Å². The van der Waals surface area contributed by atoms with E-state index in [1.807, 2.05) is 39.0 Å². The van der Waals surface area contributed by atoms with E-state index in [0.29, 0.717) is 6.54 Å². The smallest absolute Gasteiger partial charge is 0.410 e. The van der Waals surface area contributed by atoms with Gasteiger partial charge in [0, 0.05) is 30.2 Å². The van der Waals surface area contributed by atoms with Crippen LogP contribution in [0.5, 0.6) is 0 Å². The van der Waals surface area contributed by atoms with Crippen LogP contribution in [-0.4, -0.2) is 35.7 Å². The molecule has 4 nitrogen and oxygen atoms in total. The molecule has 1 fully saturated rings. The van der Waals surface area contributed by atoms with Crippen molar-refractivity contribution in [3.63, 3.8) is 0 Å². The van der Waals surface area contributed by atoms with Crippen molar-refractivity contribution in [1.29, 1.82) is 0 Å². The highest BCUT2D eigenvalue weighted by Crippen LogP contribution is 2.23. The van der Waals surface area contributed by atoms with E-state index in [2.05, 4.69) is 18.3 Å². The van der Waals surface area contributed by atoms with Gasteiger partial charge in [0.15, 0.2) is 0 Å². The molecule has 1 saturated heterocycles. The van der Waals surface area contributed by atoms with E-state index in [-0.39, 0.29) is 18.2 Å². The number of carbonyl (C=O) groups excluding carboxylic acids is 1. The number of hydrogen-bond acceptors (Lipinski definition) is 3. The van der Waals surface area contributed by atoms with Crippen LogP contribution in [0, 0.1) is 0 Å². The van der Waals surface area contributed by atoms with E-state index in [4.69, 9.17) is 16.3 Å². The van der Waals surface area contributed by atoms with Crippen LogP contribution in [0.2, 0.25) is 5.02 Å². The van der Waals surface area contributed by atoms with Crippen LogP contribution in [0.3, 0.4) is 0 Å². The van der Waals surface area contributed by atoms with Crippen LogP contribution < -0.4 is 5.32 Å². The Balaban J connectivity index is 1.92. The molecule has 1 aromatic carbocycles. The second-order valence-electron chi connectivity index (χ2n) is 7.09. The van der Waals surface area contributed by atoms with Gasteiger partial charge in [0.05, 0.1) is 0 Å². The number of likely N-dealkylation sites (tertiary alicyclic amines) is 1. The average molecular weight is 339 g/mol. The molecular formula is C18H27ClN2O2. The quantitative estimate of drug-likeness (QED) is 0.885. The third kappa shape index (κ3) is 5.40. The van der Waals surface area contributed by atoms with Crippen molar-refractivity contribution in [3.8, 4) is 0 Å². The Bertz CT molecular complexity index is 542. The number of nitrogens with one attached hydrogen (secondary N) is 1. The highest BCUT2D eigenvalue weighted by atomic mass is 35.5. The number of nitrogens with zero attached hydrogens (tertiary/aromatic N) is 1. The molecule has 128 valence electrons. The summed E-state index contributed by atoms with van der Waals surface area (Å²) in [6.45, 7) is 9.25. The fraction of sp³-hybridized carbons (Fsp3) is 0.611.